The molecule has 0 radical (unpaired) electrons. The quantitative estimate of drug-likeness (QED) is 0.762. The highest BCUT2D eigenvalue weighted by Crippen LogP contribution is 2.15. The summed E-state index contributed by atoms with van der Waals surface area (Å²) >= 11 is 0. The fourth-order valence-corrected chi connectivity index (χ4v) is 2.47. The summed E-state index contributed by atoms with van der Waals surface area (Å²) in [5.74, 6) is -1.25. The largest absolute Gasteiger partial charge is 0.479 e. The standard InChI is InChI=1S/C17H19N3O4/c1-9-5-4-6-12(7-9)15(17(23)24)20-14(21)8-13-10(2)18-11(3)19-16(13)22/h4-7,15H,8H2,1-3H3,(H,20,21)(H,23,24)(H,18,19,22)/t15-/m0/s1. The van der Waals surface area contributed by atoms with Crippen LogP contribution in [-0.4, -0.2) is 27.0 Å². The molecule has 1 heterocycles. The summed E-state index contributed by atoms with van der Waals surface area (Å²) < 4.78 is 0. The maximum Gasteiger partial charge on any atom is 0.330 e. The Hall–Kier alpha value is -2.96. The summed E-state index contributed by atoms with van der Waals surface area (Å²) in [5.41, 5.74) is 1.66. The maximum atomic E-state index is 12.2. The van der Waals surface area contributed by atoms with Crippen LogP contribution in [0.5, 0.6) is 0 Å². The normalized spacial score (nSPS) is 11.8. The topological polar surface area (TPSA) is 112 Å². The van der Waals surface area contributed by atoms with Gasteiger partial charge < -0.3 is 15.4 Å². The van der Waals surface area contributed by atoms with Crippen molar-refractivity contribution in [2.24, 2.45) is 0 Å². The van der Waals surface area contributed by atoms with Gasteiger partial charge in [-0.25, -0.2) is 9.78 Å². The molecule has 1 amide bonds. The lowest BCUT2D eigenvalue weighted by Gasteiger charge is -2.15. The van der Waals surface area contributed by atoms with Gasteiger partial charge in [-0.15, -0.1) is 0 Å². The van der Waals surface area contributed by atoms with Gasteiger partial charge in [-0.1, -0.05) is 29.8 Å². The summed E-state index contributed by atoms with van der Waals surface area (Å²) in [7, 11) is 0. The number of aliphatic carboxylic acids is 1. The predicted octanol–water partition coefficient (Wildman–Crippen LogP) is 1.18. The summed E-state index contributed by atoms with van der Waals surface area (Å²) in [6.07, 6.45) is -0.232. The van der Waals surface area contributed by atoms with Gasteiger partial charge in [-0.2, -0.15) is 0 Å². The van der Waals surface area contributed by atoms with Crippen LogP contribution >= 0.6 is 0 Å². The molecule has 126 valence electrons. The summed E-state index contributed by atoms with van der Waals surface area (Å²) in [6.45, 7) is 5.13. The van der Waals surface area contributed by atoms with Crippen LogP contribution in [0.25, 0.3) is 0 Å². The molecule has 3 N–H and O–H groups in total. The van der Waals surface area contributed by atoms with Gasteiger partial charge in [-0.3, -0.25) is 9.59 Å². The maximum absolute atomic E-state index is 12.2. The van der Waals surface area contributed by atoms with Crippen LogP contribution < -0.4 is 10.9 Å². The van der Waals surface area contributed by atoms with E-state index >= 15 is 0 Å². The van der Waals surface area contributed by atoms with Crippen molar-refractivity contribution in [3.05, 3.63) is 62.8 Å². The lowest BCUT2D eigenvalue weighted by atomic mass is 10.0. The summed E-state index contributed by atoms with van der Waals surface area (Å²) in [4.78, 5) is 42.3. The Labute approximate surface area is 138 Å². The van der Waals surface area contributed by atoms with Crippen molar-refractivity contribution in [1.82, 2.24) is 15.3 Å². The van der Waals surface area contributed by atoms with E-state index in [0.717, 1.165) is 5.56 Å². The van der Waals surface area contributed by atoms with Crippen molar-refractivity contribution in [3.8, 4) is 0 Å². The van der Waals surface area contributed by atoms with E-state index in [-0.39, 0.29) is 12.0 Å². The van der Waals surface area contributed by atoms with Crippen LogP contribution in [0.15, 0.2) is 29.1 Å². The third kappa shape index (κ3) is 4.07. The highest BCUT2D eigenvalue weighted by atomic mass is 16.4. The summed E-state index contributed by atoms with van der Waals surface area (Å²) in [6, 6.07) is 5.73. The molecule has 0 bridgehead atoms. The Bertz CT molecular complexity index is 842. The number of hydrogen-bond donors (Lipinski definition) is 3. The zero-order valence-electron chi connectivity index (χ0n) is 13.7. The van der Waals surface area contributed by atoms with Crippen LogP contribution in [0.2, 0.25) is 0 Å². The number of carbonyl (C=O) groups excluding carboxylic acids is 1. The first-order valence-corrected chi connectivity index (χ1v) is 7.43. The molecule has 1 aromatic carbocycles. The summed E-state index contributed by atoms with van der Waals surface area (Å²) in [5, 5.41) is 11.8. The lowest BCUT2D eigenvalue weighted by Crippen LogP contribution is -2.36. The number of nitrogens with one attached hydrogen (secondary N) is 2. The molecular formula is C17H19N3O4. The minimum absolute atomic E-state index is 0.228. The third-order valence-electron chi connectivity index (χ3n) is 3.61. The van der Waals surface area contributed by atoms with E-state index in [1.54, 1.807) is 32.0 Å². The van der Waals surface area contributed by atoms with Crippen molar-refractivity contribution < 1.29 is 14.7 Å². The van der Waals surface area contributed by atoms with Gasteiger partial charge >= 0.3 is 5.97 Å². The third-order valence-corrected chi connectivity index (χ3v) is 3.61. The average Bonchev–Trinajstić information content (AvgIpc) is 2.48. The highest BCUT2D eigenvalue weighted by Gasteiger charge is 2.23. The number of aryl methyl sites for hydroxylation is 3. The van der Waals surface area contributed by atoms with E-state index in [0.29, 0.717) is 17.1 Å². The van der Waals surface area contributed by atoms with E-state index in [1.807, 2.05) is 13.0 Å². The molecule has 1 atom stereocenters. The first-order chi connectivity index (χ1) is 11.3. The van der Waals surface area contributed by atoms with Gasteiger partial charge in [-0.05, 0) is 26.3 Å². The molecule has 0 unspecified atom stereocenters. The molecule has 0 spiro atoms. The van der Waals surface area contributed by atoms with E-state index < -0.39 is 23.5 Å². The molecule has 1 aromatic heterocycles. The first kappa shape index (κ1) is 17.4. The number of H-pyrrole nitrogens is 1. The van der Waals surface area contributed by atoms with Crippen LogP contribution in [0, 0.1) is 20.8 Å². The Morgan fingerprint density at radius 3 is 2.58 bits per heavy atom. The first-order valence-electron chi connectivity index (χ1n) is 7.43. The van der Waals surface area contributed by atoms with Crippen LogP contribution in [0.4, 0.5) is 0 Å². The van der Waals surface area contributed by atoms with E-state index in [1.165, 1.54) is 0 Å². The highest BCUT2D eigenvalue weighted by molar-refractivity contribution is 5.85. The minimum Gasteiger partial charge on any atom is -0.479 e. The molecule has 7 heteroatoms. The zero-order valence-corrected chi connectivity index (χ0v) is 13.7. The molecule has 7 nitrogen and oxygen atoms in total. The number of aromatic amines is 1. The number of benzene rings is 1. The van der Waals surface area contributed by atoms with Crippen LogP contribution in [0.3, 0.4) is 0 Å². The molecule has 2 rings (SSSR count). The number of carbonyl (C=O) groups is 2. The second-order valence-corrected chi connectivity index (χ2v) is 5.64. The monoisotopic (exact) mass is 329 g/mol. The lowest BCUT2D eigenvalue weighted by molar-refractivity contribution is -0.142. The van der Waals surface area contributed by atoms with E-state index in [2.05, 4.69) is 15.3 Å². The number of carboxylic acid groups (broad SMARTS) is 1. The number of amides is 1. The Balaban J connectivity index is 2.21. The van der Waals surface area contributed by atoms with Crippen molar-refractivity contribution in [2.75, 3.05) is 0 Å². The molecule has 0 aliphatic carbocycles. The van der Waals surface area contributed by atoms with Crippen molar-refractivity contribution in [1.29, 1.82) is 0 Å². The molecule has 0 saturated carbocycles. The molecule has 0 aliphatic rings. The number of hydrogen-bond acceptors (Lipinski definition) is 4. The van der Waals surface area contributed by atoms with Crippen LogP contribution in [0.1, 0.15) is 34.3 Å². The van der Waals surface area contributed by atoms with Crippen molar-refractivity contribution in [2.45, 2.75) is 33.2 Å². The predicted molar refractivity (Wildman–Crippen MR) is 87.7 cm³/mol. The molecule has 0 aliphatic heterocycles. The van der Waals surface area contributed by atoms with Crippen molar-refractivity contribution >= 4 is 11.9 Å². The molecule has 2 aromatic rings. The fourth-order valence-electron chi connectivity index (χ4n) is 2.47. The molecule has 24 heavy (non-hydrogen) atoms. The fraction of sp³-hybridized carbons (Fsp3) is 0.294. The Kier molecular flexibility index (Phi) is 5.13. The van der Waals surface area contributed by atoms with Gasteiger partial charge in [0.1, 0.15) is 5.82 Å². The minimum atomic E-state index is -1.17. The number of carboxylic acids is 1. The Morgan fingerprint density at radius 1 is 1.29 bits per heavy atom. The number of aromatic nitrogens is 2. The molecule has 0 saturated heterocycles. The van der Waals surface area contributed by atoms with Crippen LogP contribution in [-0.2, 0) is 16.0 Å². The second kappa shape index (κ2) is 7.08. The van der Waals surface area contributed by atoms with Gasteiger partial charge in [0.25, 0.3) is 5.56 Å². The zero-order chi connectivity index (χ0) is 17.9. The van der Waals surface area contributed by atoms with E-state index in [4.69, 9.17) is 0 Å². The number of rotatable bonds is 5. The van der Waals surface area contributed by atoms with Gasteiger partial charge in [0.15, 0.2) is 6.04 Å². The van der Waals surface area contributed by atoms with E-state index in [9.17, 15) is 19.5 Å². The smallest absolute Gasteiger partial charge is 0.330 e. The van der Waals surface area contributed by atoms with Gasteiger partial charge in [0.05, 0.1) is 6.42 Å². The molecular weight excluding hydrogens is 310 g/mol. The average molecular weight is 329 g/mol. The Morgan fingerprint density at radius 2 is 2.00 bits per heavy atom. The van der Waals surface area contributed by atoms with Crippen molar-refractivity contribution in [3.63, 3.8) is 0 Å². The van der Waals surface area contributed by atoms with Gasteiger partial charge in [0, 0.05) is 11.3 Å². The second-order valence-electron chi connectivity index (χ2n) is 5.64. The van der Waals surface area contributed by atoms with Gasteiger partial charge in [0.2, 0.25) is 5.91 Å². The number of nitrogens with zero attached hydrogens (tertiary/aromatic N) is 1. The SMILES string of the molecule is Cc1cccc([C@H](NC(=O)Cc2c(C)nc(C)[nH]c2=O)C(=O)O)c1. The molecule has 0 fully saturated rings.